The van der Waals surface area contributed by atoms with Gasteiger partial charge in [-0.05, 0) is 37.3 Å². The van der Waals surface area contributed by atoms with Crippen molar-refractivity contribution in [2.75, 3.05) is 0 Å². The summed E-state index contributed by atoms with van der Waals surface area (Å²) in [4.78, 5) is 4.53. The van der Waals surface area contributed by atoms with Gasteiger partial charge in [0.25, 0.3) is 0 Å². The maximum atomic E-state index is 4.53. The quantitative estimate of drug-likeness (QED) is 0.585. The molecule has 1 nitrogen and oxygen atoms in total. The lowest BCUT2D eigenvalue weighted by Gasteiger charge is -2.07. The number of rotatable bonds is 8. The molecular weight excluding hydrogens is 194 g/mol. The average Bonchev–Trinajstić information content (AvgIpc) is 2.33. The highest BCUT2D eigenvalue weighted by atomic mass is 14.7. The number of nitrogens with zero attached hydrogens (tertiary/aromatic N) is 1. The highest BCUT2D eigenvalue weighted by Gasteiger charge is 2.02. The van der Waals surface area contributed by atoms with Crippen LogP contribution in [0.15, 0.2) is 18.3 Å². The van der Waals surface area contributed by atoms with Crippen molar-refractivity contribution in [2.45, 2.75) is 65.2 Å². The first kappa shape index (κ1) is 13.2. The second kappa shape index (κ2) is 8.32. The molecule has 0 amide bonds. The van der Waals surface area contributed by atoms with E-state index in [0.29, 0.717) is 0 Å². The van der Waals surface area contributed by atoms with Crippen LogP contribution in [-0.2, 0) is 12.8 Å². The van der Waals surface area contributed by atoms with Crippen LogP contribution >= 0.6 is 0 Å². The highest BCUT2D eigenvalue weighted by molar-refractivity contribution is 5.20. The third-order valence-electron chi connectivity index (χ3n) is 3.05. The number of aryl methyl sites for hydroxylation is 2. The molecule has 0 saturated carbocycles. The van der Waals surface area contributed by atoms with Gasteiger partial charge in [-0.3, -0.25) is 4.98 Å². The molecule has 16 heavy (non-hydrogen) atoms. The molecule has 0 fully saturated rings. The van der Waals surface area contributed by atoms with E-state index in [4.69, 9.17) is 0 Å². The molecule has 90 valence electrons. The van der Waals surface area contributed by atoms with Crippen molar-refractivity contribution in [2.24, 2.45) is 0 Å². The van der Waals surface area contributed by atoms with E-state index < -0.39 is 0 Å². The van der Waals surface area contributed by atoms with Crippen LogP contribution in [0.5, 0.6) is 0 Å². The lowest BCUT2D eigenvalue weighted by molar-refractivity contribution is 0.655. The van der Waals surface area contributed by atoms with E-state index in [-0.39, 0.29) is 0 Å². The fourth-order valence-corrected chi connectivity index (χ4v) is 2.01. The molecule has 0 aliphatic rings. The molecule has 0 spiro atoms. The minimum Gasteiger partial charge on any atom is -0.261 e. The third-order valence-corrected chi connectivity index (χ3v) is 3.05. The molecule has 1 rings (SSSR count). The molecule has 1 aromatic rings. The van der Waals surface area contributed by atoms with Crippen molar-refractivity contribution in [3.05, 3.63) is 29.6 Å². The van der Waals surface area contributed by atoms with Gasteiger partial charge in [0.2, 0.25) is 0 Å². The molecule has 0 aliphatic carbocycles. The molecule has 0 atom stereocenters. The van der Waals surface area contributed by atoms with Crippen LogP contribution in [-0.4, -0.2) is 4.98 Å². The number of unbranched alkanes of at least 4 members (excludes halogenated alkanes) is 4. The van der Waals surface area contributed by atoms with Crippen LogP contribution in [0.4, 0.5) is 0 Å². The summed E-state index contributed by atoms with van der Waals surface area (Å²) >= 11 is 0. The highest BCUT2D eigenvalue weighted by Crippen LogP contribution is 2.13. The van der Waals surface area contributed by atoms with Gasteiger partial charge < -0.3 is 0 Å². The van der Waals surface area contributed by atoms with E-state index in [2.05, 4.69) is 31.0 Å². The average molecular weight is 219 g/mol. The Morgan fingerprint density at radius 2 is 1.75 bits per heavy atom. The van der Waals surface area contributed by atoms with Gasteiger partial charge >= 0.3 is 0 Å². The molecule has 1 aromatic heterocycles. The van der Waals surface area contributed by atoms with Crippen LogP contribution in [0.25, 0.3) is 0 Å². The number of hydrogen-bond acceptors (Lipinski definition) is 1. The number of hydrogen-bond donors (Lipinski definition) is 0. The molecule has 0 saturated heterocycles. The molecule has 0 unspecified atom stereocenters. The summed E-state index contributed by atoms with van der Waals surface area (Å²) in [6.07, 6.45) is 12.2. The van der Waals surface area contributed by atoms with E-state index in [1.165, 1.54) is 62.6 Å². The minimum absolute atomic E-state index is 1.17. The van der Waals surface area contributed by atoms with E-state index in [9.17, 15) is 0 Å². The molecule has 0 bridgehead atoms. The lowest BCUT2D eigenvalue weighted by atomic mass is 10.0. The standard InChI is InChI=1S/C15H25N/c1-3-5-7-8-12-15-14(10-6-4-2)11-9-13-16-15/h9,11,13H,3-8,10,12H2,1-2H3. The largest absolute Gasteiger partial charge is 0.261 e. The van der Waals surface area contributed by atoms with Gasteiger partial charge in [-0.25, -0.2) is 0 Å². The third kappa shape index (κ3) is 4.78. The van der Waals surface area contributed by atoms with Crippen LogP contribution in [0, 0.1) is 0 Å². The van der Waals surface area contributed by atoms with Crippen molar-refractivity contribution in [1.29, 1.82) is 0 Å². The predicted molar refractivity (Wildman–Crippen MR) is 70.7 cm³/mol. The number of pyridine rings is 1. The second-order valence-corrected chi connectivity index (χ2v) is 4.52. The van der Waals surface area contributed by atoms with Crippen molar-refractivity contribution in [1.82, 2.24) is 4.98 Å². The minimum atomic E-state index is 1.17. The first-order chi connectivity index (χ1) is 7.88. The molecule has 0 radical (unpaired) electrons. The summed E-state index contributed by atoms with van der Waals surface area (Å²) in [6, 6.07) is 4.32. The summed E-state index contributed by atoms with van der Waals surface area (Å²) in [5.74, 6) is 0. The van der Waals surface area contributed by atoms with E-state index in [1.54, 1.807) is 0 Å². The van der Waals surface area contributed by atoms with Gasteiger partial charge in [-0.15, -0.1) is 0 Å². The summed E-state index contributed by atoms with van der Waals surface area (Å²) in [7, 11) is 0. The Bertz CT molecular complexity index is 281. The smallest absolute Gasteiger partial charge is 0.0435 e. The van der Waals surface area contributed by atoms with Crippen LogP contribution in [0.2, 0.25) is 0 Å². The summed E-state index contributed by atoms with van der Waals surface area (Å²) in [6.45, 7) is 4.50. The SMILES string of the molecule is CCCCCCc1ncccc1CCCC. The first-order valence-electron chi connectivity index (χ1n) is 6.81. The van der Waals surface area contributed by atoms with Gasteiger partial charge in [0, 0.05) is 11.9 Å². The molecule has 1 heteroatoms. The maximum absolute atomic E-state index is 4.53. The molecule has 0 aromatic carbocycles. The lowest BCUT2D eigenvalue weighted by Crippen LogP contribution is -1.98. The topological polar surface area (TPSA) is 12.9 Å². The monoisotopic (exact) mass is 219 g/mol. The second-order valence-electron chi connectivity index (χ2n) is 4.52. The summed E-state index contributed by atoms with van der Waals surface area (Å²) < 4.78 is 0. The Labute approximate surface area is 100 Å². The van der Waals surface area contributed by atoms with Crippen LogP contribution in [0.3, 0.4) is 0 Å². The number of aromatic nitrogens is 1. The van der Waals surface area contributed by atoms with Gasteiger partial charge in [-0.2, -0.15) is 0 Å². The zero-order valence-corrected chi connectivity index (χ0v) is 10.8. The Morgan fingerprint density at radius 3 is 2.50 bits per heavy atom. The maximum Gasteiger partial charge on any atom is 0.0435 e. The molecular formula is C15H25N. The van der Waals surface area contributed by atoms with Crippen LogP contribution < -0.4 is 0 Å². The van der Waals surface area contributed by atoms with Crippen molar-refractivity contribution < 1.29 is 0 Å². The Hall–Kier alpha value is -0.850. The normalized spacial score (nSPS) is 10.6. The zero-order valence-electron chi connectivity index (χ0n) is 10.8. The van der Waals surface area contributed by atoms with E-state index >= 15 is 0 Å². The van der Waals surface area contributed by atoms with Crippen LogP contribution in [0.1, 0.15) is 63.6 Å². The van der Waals surface area contributed by atoms with Gasteiger partial charge in [-0.1, -0.05) is 45.6 Å². The molecule has 0 aliphatic heterocycles. The van der Waals surface area contributed by atoms with Crippen molar-refractivity contribution >= 4 is 0 Å². The van der Waals surface area contributed by atoms with Crippen molar-refractivity contribution in [3.63, 3.8) is 0 Å². The fourth-order valence-electron chi connectivity index (χ4n) is 2.01. The van der Waals surface area contributed by atoms with E-state index in [1.807, 2.05) is 6.20 Å². The van der Waals surface area contributed by atoms with Gasteiger partial charge in [0.1, 0.15) is 0 Å². The Kier molecular flexibility index (Phi) is 6.87. The Balaban J connectivity index is 2.43. The molecule has 0 N–H and O–H groups in total. The zero-order chi connectivity index (χ0) is 11.6. The van der Waals surface area contributed by atoms with E-state index in [0.717, 1.165) is 0 Å². The summed E-state index contributed by atoms with van der Waals surface area (Å²) in [5.41, 5.74) is 2.81. The predicted octanol–water partition coefficient (Wildman–Crippen LogP) is 4.55. The van der Waals surface area contributed by atoms with Gasteiger partial charge in [0.05, 0.1) is 0 Å². The first-order valence-corrected chi connectivity index (χ1v) is 6.81. The van der Waals surface area contributed by atoms with Gasteiger partial charge in [0.15, 0.2) is 0 Å². The Morgan fingerprint density at radius 1 is 0.938 bits per heavy atom. The summed E-state index contributed by atoms with van der Waals surface area (Å²) in [5, 5.41) is 0. The fraction of sp³-hybridized carbons (Fsp3) is 0.667. The van der Waals surface area contributed by atoms with Crippen molar-refractivity contribution in [3.8, 4) is 0 Å². The molecule has 1 heterocycles.